The molecular weight excluding hydrogens is 306 g/mol. The summed E-state index contributed by atoms with van der Waals surface area (Å²) in [4.78, 5) is 26.8. The summed E-state index contributed by atoms with van der Waals surface area (Å²) in [5.74, 6) is 0.526. The van der Waals surface area contributed by atoms with E-state index in [-0.39, 0.29) is 24.3 Å². The molecule has 0 aromatic heterocycles. The average molecular weight is 333 g/mol. The Morgan fingerprint density at radius 3 is 2.67 bits per heavy atom. The number of carbonyl (C=O) groups is 2. The first kappa shape index (κ1) is 18.3. The van der Waals surface area contributed by atoms with E-state index in [1.54, 1.807) is 24.1 Å². The van der Waals surface area contributed by atoms with Gasteiger partial charge in [0.05, 0.1) is 19.3 Å². The third kappa shape index (κ3) is 4.96. The van der Waals surface area contributed by atoms with Gasteiger partial charge in [0.15, 0.2) is 0 Å². The molecule has 0 spiro atoms. The van der Waals surface area contributed by atoms with Crippen LogP contribution < -0.4 is 15.4 Å². The number of methoxy groups -OCH3 is 1. The molecule has 1 heterocycles. The fraction of sp³-hybridized carbons (Fsp3) is 0.556. The zero-order valence-electron chi connectivity index (χ0n) is 14.5. The Morgan fingerprint density at radius 1 is 1.29 bits per heavy atom. The lowest BCUT2D eigenvalue weighted by Crippen LogP contribution is -2.44. The van der Waals surface area contributed by atoms with Gasteiger partial charge in [0, 0.05) is 12.5 Å². The molecule has 1 saturated heterocycles. The van der Waals surface area contributed by atoms with Gasteiger partial charge in [-0.2, -0.15) is 0 Å². The number of carbonyl (C=O) groups excluding carboxylic acids is 2. The van der Waals surface area contributed by atoms with Crippen LogP contribution >= 0.6 is 0 Å². The van der Waals surface area contributed by atoms with Crippen LogP contribution in [0.4, 0.5) is 5.69 Å². The van der Waals surface area contributed by atoms with E-state index in [1.165, 1.54) is 0 Å². The second-order valence-corrected chi connectivity index (χ2v) is 6.03. The number of piperidine rings is 1. The van der Waals surface area contributed by atoms with Crippen molar-refractivity contribution in [3.05, 3.63) is 24.3 Å². The SMILES string of the molecule is CCCN(CC(=O)Nc1ccccc1OC)C(=O)C1CCNCC1. The van der Waals surface area contributed by atoms with Crippen LogP contribution in [-0.4, -0.2) is 50.0 Å². The van der Waals surface area contributed by atoms with E-state index in [2.05, 4.69) is 10.6 Å². The molecule has 2 amide bonds. The summed E-state index contributed by atoms with van der Waals surface area (Å²) in [6.45, 7) is 4.42. The molecule has 1 aliphatic rings. The van der Waals surface area contributed by atoms with E-state index >= 15 is 0 Å². The minimum Gasteiger partial charge on any atom is -0.495 e. The van der Waals surface area contributed by atoms with Gasteiger partial charge in [-0.15, -0.1) is 0 Å². The van der Waals surface area contributed by atoms with Crippen molar-refractivity contribution in [2.75, 3.05) is 38.6 Å². The number of nitrogens with one attached hydrogen (secondary N) is 2. The molecule has 6 nitrogen and oxygen atoms in total. The number of benzene rings is 1. The van der Waals surface area contributed by atoms with Crippen molar-refractivity contribution < 1.29 is 14.3 Å². The van der Waals surface area contributed by atoms with Crippen molar-refractivity contribution in [1.29, 1.82) is 0 Å². The summed E-state index contributed by atoms with van der Waals surface area (Å²) in [7, 11) is 1.56. The number of hydrogen-bond donors (Lipinski definition) is 2. The normalized spacial score (nSPS) is 14.9. The van der Waals surface area contributed by atoms with Crippen LogP contribution in [0.5, 0.6) is 5.75 Å². The predicted molar refractivity (Wildman–Crippen MR) is 94.1 cm³/mol. The minimum absolute atomic E-state index is 0.0249. The van der Waals surface area contributed by atoms with E-state index in [0.717, 1.165) is 32.4 Å². The molecule has 0 bridgehead atoms. The molecule has 1 aliphatic heterocycles. The van der Waals surface area contributed by atoms with Crippen LogP contribution in [0.1, 0.15) is 26.2 Å². The fourth-order valence-electron chi connectivity index (χ4n) is 2.98. The molecule has 2 N–H and O–H groups in total. The van der Waals surface area contributed by atoms with Crippen LogP contribution in [0, 0.1) is 5.92 Å². The Labute approximate surface area is 143 Å². The van der Waals surface area contributed by atoms with Gasteiger partial charge in [0.1, 0.15) is 5.75 Å². The topological polar surface area (TPSA) is 70.7 Å². The number of amides is 2. The molecular formula is C18H27N3O3. The Morgan fingerprint density at radius 2 is 2.00 bits per heavy atom. The second-order valence-electron chi connectivity index (χ2n) is 6.03. The van der Waals surface area contributed by atoms with E-state index in [9.17, 15) is 9.59 Å². The highest BCUT2D eigenvalue weighted by Gasteiger charge is 2.26. The highest BCUT2D eigenvalue weighted by atomic mass is 16.5. The van der Waals surface area contributed by atoms with Crippen molar-refractivity contribution in [1.82, 2.24) is 10.2 Å². The molecule has 24 heavy (non-hydrogen) atoms. The lowest BCUT2D eigenvalue weighted by Gasteiger charge is -2.29. The number of para-hydroxylation sites is 2. The van der Waals surface area contributed by atoms with Crippen molar-refractivity contribution >= 4 is 17.5 Å². The molecule has 0 radical (unpaired) electrons. The molecule has 0 atom stereocenters. The summed E-state index contributed by atoms with van der Waals surface area (Å²) in [5.41, 5.74) is 0.621. The molecule has 0 aliphatic carbocycles. The van der Waals surface area contributed by atoms with Gasteiger partial charge in [-0.1, -0.05) is 19.1 Å². The molecule has 0 unspecified atom stereocenters. The largest absolute Gasteiger partial charge is 0.495 e. The highest BCUT2D eigenvalue weighted by molar-refractivity contribution is 5.96. The molecule has 0 saturated carbocycles. The number of ether oxygens (including phenoxy) is 1. The Kier molecular flexibility index (Phi) is 7.06. The molecule has 6 heteroatoms. The lowest BCUT2D eigenvalue weighted by molar-refractivity contribution is -0.139. The van der Waals surface area contributed by atoms with Gasteiger partial charge in [0.25, 0.3) is 0 Å². The van der Waals surface area contributed by atoms with E-state index in [1.807, 2.05) is 19.1 Å². The van der Waals surface area contributed by atoms with Crippen LogP contribution in [0.15, 0.2) is 24.3 Å². The highest BCUT2D eigenvalue weighted by Crippen LogP contribution is 2.23. The number of rotatable bonds is 7. The maximum Gasteiger partial charge on any atom is 0.244 e. The van der Waals surface area contributed by atoms with E-state index in [0.29, 0.717) is 18.0 Å². The van der Waals surface area contributed by atoms with Crippen molar-refractivity contribution in [3.63, 3.8) is 0 Å². The van der Waals surface area contributed by atoms with Crippen LogP contribution in [0.3, 0.4) is 0 Å². The molecule has 2 rings (SSSR count). The van der Waals surface area contributed by atoms with E-state index in [4.69, 9.17) is 4.74 Å². The molecule has 1 fully saturated rings. The Balaban J connectivity index is 1.98. The monoisotopic (exact) mass is 333 g/mol. The zero-order valence-corrected chi connectivity index (χ0v) is 14.5. The minimum atomic E-state index is -0.199. The Bertz CT molecular complexity index is 556. The first-order chi connectivity index (χ1) is 11.7. The first-order valence-electron chi connectivity index (χ1n) is 8.58. The van der Waals surface area contributed by atoms with Gasteiger partial charge in [-0.05, 0) is 44.5 Å². The average Bonchev–Trinajstić information content (AvgIpc) is 2.62. The van der Waals surface area contributed by atoms with Crippen LogP contribution in [0.25, 0.3) is 0 Å². The van der Waals surface area contributed by atoms with Gasteiger partial charge in [-0.3, -0.25) is 9.59 Å². The van der Waals surface area contributed by atoms with Crippen molar-refractivity contribution in [2.45, 2.75) is 26.2 Å². The van der Waals surface area contributed by atoms with Gasteiger partial charge in [0.2, 0.25) is 11.8 Å². The van der Waals surface area contributed by atoms with Crippen molar-refractivity contribution in [3.8, 4) is 5.75 Å². The third-order valence-corrected chi connectivity index (χ3v) is 4.21. The lowest BCUT2D eigenvalue weighted by atomic mass is 9.96. The summed E-state index contributed by atoms with van der Waals surface area (Å²) < 4.78 is 5.24. The van der Waals surface area contributed by atoms with E-state index < -0.39 is 0 Å². The summed E-state index contributed by atoms with van der Waals surface area (Å²) >= 11 is 0. The second kappa shape index (κ2) is 9.27. The van der Waals surface area contributed by atoms with Gasteiger partial charge < -0.3 is 20.3 Å². The van der Waals surface area contributed by atoms with Crippen LogP contribution in [0.2, 0.25) is 0 Å². The molecule has 132 valence electrons. The number of anilines is 1. The summed E-state index contributed by atoms with van der Waals surface area (Å²) in [6.07, 6.45) is 2.51. The standard InChI is InChI=1S/C18H27N3O3/c1-3-12-21(18(23)14-8-10-19-11-9-14)13-17(22)20-15-6-4-5-7-16(15)24-2/h4-7,14,19H,3,8-13H2,1-2H3,(H,20,22). The predicted octanol–water partition coefficient (Wildman–Crippen LogP) is 1.87. The van der Waals surface area contributed by atoms with Gasteiger partial charge >= 0.3 is 0 Å². The number of nitrogens with zero attached hydrogens (tertiary/aromatic N) is 1. The number of hydrogen-bond acceptors (Lipinski definition) is 4. The van der Waals surface area contributed by atoms with Gasteiger partial charge in [-0.25, -0.2) is 0 Å². The molecule has 1 aromatic carbocycles. The smallest absolute Gasteiger partial charge is 0.244 e. The summed E-state index contributed by atoms with van der Waals surface area (Å²) in [5, 5.41) is 6.10. The molecule has 1 aromatic rings. The maximum atomic E-state index is 12.7. The third-order valence-electron chi connectivity index (χ3n) is 4.21. The maximum absolute atomic E-state index is 12.7. The van der Waals surface area contributed by atoms with Crippen molar-refractivity contribution in [2.24, 2.45) is 5.92 Å². The fourth-order valence-corrected chi connectivity index (χ4v) is 2.98. The quantitative estimate of drug-likeness (QED) is 0.799. The zero-order chi connectivity index (χ0) is 17.4. The Hall–Kier alpha value is -2.08. The summed E-state index contributed by atoms with van der Waals surface area (Å²) in [6, 6.07) is 7.26. The first-order valence-corrected chi connectivity index (χ1v) is 8.58. The van der Waals surface area contributed by atoms with Crippen LogP contribution in [-0.2, 0) is 9.59 Å².